The maximum atomic E-state index is 13.2. The molecule has 3 aliphatic heterocycles. The number of anilines is 2. The number of hydrogen-bond acceptors (Lipinski definition) is 8. The van der Waals surface area contributed by atoms with Gasteiger partial charge in [-0.3, -0.25) is 14.4 Å². The van der Waals surface area contributed by atoms with E-state index in [4.69, 9.17) is 9.47 Å². The van der Waals surface area contributed by atoms with Crippen molar-refractivity contribution in [2.24, 2.45) is 0 Å². The van der Waals surface area contributed by atoms with E-state index in [9.17, 15) is 19.5 Å². The highest BCUT2D eigenvalue weighted by molar-refractivity contribution is 5.93. The van der Waals surface area contributed by atoms with Crippen LogP contribution in [0.2, 0.25) is 0 Å². The molecule has 3 amide bonds. The summed E-state index contributed by atoms with van der Waals surface area (Å²) in [5.74, 6) is 0.0249. The Morgan fingerprint density at radius 2 is 1.64 bits per heavy atom. The Morgan fingerprint density at radius 1 is 0.920 bits per heavy atom. The lowest BCUT2D eigenvalue weighted by atomic mass is 9.85. The smallest absolute Gasteiger partial charge is 0.247 e. The number of aliphatic hydroxyl groups excluding tert-OH is 1. The van der Waals surface area contributed by atoms with Gasteiger partial charge in [0.2, 0.25) is 17.7 Å². The molecule has 3 aromatic carbocycles. The monoisotopic (exact) mass is 683 g/mol. The molecule has 3 saturated heterocycles. The molecule has 1 spiro atoms. The van der Waals surface area contributed by atoms with Gasteiger partial charge in [0.25, 0.3) is 0 Å². The summed E-state index contributed by atoms with van der Waals surface area (Å²) in [5, 5.41) is 18.4. The predicted octanol–water partition coefficient (Wildman–Crippen LogP) is 4.79. The summed E-state index contributed by atoms with van der Waals surface area (Å²) in [5.41, 5.74) is 3.97. The highest BCUT2D eigenvalue weighted by Gasteiger charge is 2.50. The fourth-order valence-corrected chi connectivity index (χ4v) is 7.26. The second-order valence-electron chi connectivity index (χ2n) is 13.6. The molecule has 3 aromatic rings. The summed E-state index contributed by atoms with van der Waals surface area (Å²) in [6.07, 6.45) is 4.11. The molecule has 266 valence electrons. The van der Waals surface area contributed by atoms with Crippen LogP contribution in [0, 0.1) is 0 Å². The summed E-state index contributed by atoms with van der Waals surface area (Å²) in [4.78, 5) is 41.4. The molecule has 50 heavy (non-hydrogen) atoms. The van der Waals surface area contributed by atoms with Crippen molar-refractivity contribution in [3.05, 3.63) is 95.6 Å². The molecule has 0 radical (unpaired) electrons. The lowest BCUT2D eigenvalue weighted by Crippen LogP contribution is -2.57. The Hall–Kier alpha value is -4.29. The van der Waals surface area contributed by atoms with E-state index in [1.54, 1.807) is 0 Å². The topological polar surface area (TPSA) is 132 Å². The van der Waals surface area contributed by atoms with Crippen LogP contribution in [0.5, 0.6) is 0 Å². The zero-order chi connectivity index (χ0) is 34.9. The SMILES string of the molecule is CC(=O)NCCCCCC(=O)Nc1ccc([C@@H]2O[C@H](CN3CCC4(CC3)C(=O)NCN4c3ccccc3)C[C@H](c3ccc(CO)cc3)O2)cc1. The molecule has 6 rings (SSSR count). The third-order valence-electron chi connectivity index (χ3n) is 10.1. The molecule has 0 saturated carbocycles. The molecule has 0 bridgehead atoms. The van der Waals surface area contributed by atoms with E-state index in [1.807, 2.05) is 66.7 Å². The van der Waals surface area contributed by atoms with E-state index < -0.39 is 11.8 Å². The third kappa shape index (κ3) is 8.70. The number of nitrogens with zero attached hydrogens (tertiary/aromatic N) is 2. The summed E-state index contributed by atoms with van der Waals surface area (Å²) in [6, 6.07) is 25.6. The van der Waals surface area contributed by atoms with Gasteiger partial charge in [-0.25, -0.2) is 0 Å². The van der Waals surface area contributed by atoms with E-state index in [2.05, 4.69) is 37.9 Å². The molecular weight excluding hydrogens is 634 g/mol. The lowest BCUT2D eigenvalue weighted by molar-refractivity contribution is -0.253. The van der Waals surface area contributed by atoms with Crippen molar-refractivity contribution in [3.63, 3.8) is 0 Å². The number of rotatable bonds is 13. The van der Waals surface area contributed by atoms with Gasteiger partial charge in [-0.15, -0.1) is 0 Å². The molecule has 11 heteroatoms. The van der Waals surface area contributed by atoms with Crippen molar-refractivity contribution in [3.8, 4) is 0 Å². The van der Waals surface area contributed by atoms with Gasteiger partial charge in [0, 0.05) is 62.9 Å². The predicted molar refractivity (Wildman–Crippen MR) is 191 cm³/mol. The first-order valence-electron chi connectivity index (χ1n) is 17.8. The minimum Gasteiger partial charge on any atom is -0.392 e. The Bertz CT molecular complexity index is 1580. The number of nitrogens with one attached hydrogen (secondary N) is 3. The number of piperidine rings is 1. The van der Waals surface area contributed by atoms with Crippen LogP contribution < -0.4 is 20.9 Å². The molecule has 3 heterocycles. The van der Waals surface area contributed by atoms with Gasteiger partial charge < -0.3 is 40.3 Å². The van der Waals surface area contributed by atoms with E-state index >= 15 is 0 Å². The summed E-state index contributed by atoms with van der Waals surface area (Å²) in [6.45, 7) is 4.91. The molecule has 4 N–H and O–H groups in total. The number of benzene rings is 3. The largest absolute Gasteiger partial charge is 0.392 e. The van der Waals surface area contributed by atoms with Crippen LogP contribution in [0.25, 0.3) is 0 Å². The van der Waals surface area contributed by atoms with Gasteiger partial charge in [-0.05, 0) is 61.1 Å². The van der Waals surface area contributed by atoms with E-state index in [0.717, 1.165) is 67.6 Å². The first-order valence-corrected chi connectivity index (χ1v) is 17.8. The fraction of sp³-hybridized carbons (Fsp3) is 0.462. The molecule has 0 aromatic heterocycles. The van der Waals surface area contributed by atoms with Crippen molar-refractivity contribution >= 4 is 29.1 Å². The molecule has 3 atom stereocenters. The maximum Gasteiger partial charge on any atom is 0.247 e. The molecular formula is C39H49N5O6. The number of para-hydroxylation sites is 1. The molecule has 11 nitrogen and oxygen atoms in total. The standard InChI is InChI=1S/C39H49N5O6/c1-28(46)40-21-7-3-6-10-36(47)42-32-17-15-31(16-18-32)37-49-34(24-35(50-37)30-13-11-29(26-45)12-14-30)25-43-22-19-39(20-23-43)38(48)41-27-44(39)33-8-4-2-5-9-33/h2,4-5,8-9,11-18,34-35,37,45H,3,6-7,10,19-27H2,1H3,(H,40,46)(H,41,48)(H,42,47)/t34-,35+,37+/m0/s1. The quantitative estimate of drug-likeness (QED) is 0.189. The Kier molecular flexibility index (Phi) is 11.8. The van der Waals surface area contributed by atoms with E-state index in [0.29, 0.717) is 38.3 Å². The number of unbranched alkanes of at least 4 members (excludes halogenated alkanes) is 2. The molecule has 3 fully saturated rings. The number of carbonyl (C=O) groups excluding carboxylic acids is 3. The number of likely N-dealkylation sites (tertiary alicyclic amines) is 1. The van der Waals surface area contributed by atoms with Crippen LogP contribution in [0.15, 0.2) is 78.9 Å². The van der Waals surface area contributed by atoms with Crippen LogP contribution in [0.1, 0.15) is 81.0 Å². The van der Waals surface area contributed by atoms with Crippen molar-refractivity contribution < 1.29 is 29.0 Å². The number of hydrogen-bond donors (Lipinski definition) is 4. The minimum absolute atomic E-state index is 0.0160. The van der Waals surface area contributed by atoms with E-state index in [-0.39, 0.29) is 36.5 Å². The number of amides is 3. The van der Waals surface area contributed by atoms with Gasteiger partial charge in [0.1, 0.15) is 5.54 Å². The Labute approximate surface area is 294 Å². The second-order valence-corrected chi connectivity index (χ2v) is 13.6. The average Bonchev–Trinajstić information content (AvgIpc) is 3.45. The first-order chi connectivity index (χ1) is 24.3. The normalized spacial score (nSPS) is 21.9. The summed E-state index contributed by atoms with van der Waals surface area (Å²) < 4.78 is 13.2. The molecule has 3 aliphatic rings. The van der Waals surface area contributed by atoms with Crippen LogP contribution in [-0.2, 0) is 30.5 Å². The highest BCUT2D eigenvalue weighted by atomic mass is 16.7. The Balaban J connectivity index is 1.08. The minimum atomic E-state index is -0.602. The second kappa shape index (κ2) is 16.6. The third-order valence-corrected chi connectivity index (χ3v) is 10.1. The van der Waals surface area contributed by atoms with Crippen molar-refractivity contribution in [2.45, 2.75) is 82.5 Å². The summed E-state index contributed by atoms with van der Waals surface area (Å²) in [7, 11) is 0. The average molecular weight is 684 g/mol. The number of aliphatic hydroxyl groups is 1. The molecule has 0 unspecified atom stereocenters. The number of carbonyl (C=O) groups is 3. The van der Waals surface area contributed by atoms with Gasteiger partial charge in [-0.2, -0.15) is 0 Å². The van der Waals surface area contributed by atoms with Crippen LogP contribution in [0.3, 0.4) is 0 Å². The highest BCUT2D eigenvalue weighted by Crippen LogP contribution is 2.40. The van der Waals surface area contributed by atoms with Gasteiger partial charge in [-0.1, -0.05) is 61.0 Å². The summed E-state index contributed by atoms with van der Waals surface area (Å²) >= 11 is 0. The lowest BCUT2D eigenvalue weighted by Gasteiger charge is -2.45. The first kappa shape index (κ1) is 35.5. The zero-order valence-corrected chi connectivity index (χ0v) is 28.8. The van der Waals surface area contributed by atoms with Crippen LogP contribution >= 0.6 is 0 Å². The Morgan fingerprint density at radius 3 is 2.34 bits per heavy atom. The van der Waals surface area contributed by atoms with Crippen LogP contribution in [0.4, 0.5) is 11.4 Å². The molecule has 0 aliphatic carbocycles. The van der Waals surface area contributed by atoms with Gasteiger partial charge in [0.15, 0.2) is 6.29 Å². The van der Waals surface area contributed by atoms with Gasteiger partial charge in [0.05, 0.1) is 25.5 Å². The van der Waals surface area contributed by atoms with Gasteiger partial charge >= 0.3 is 0 Å². The maximum absolute atomic E-state index is 13.2. The zero-order valence-electron chi connectivity index (χ0n) is 28.8. The van der Waals surface area contributed by atoms with Crippen molar-refractivity contribution in [2.75, 3.05) is 43.1 Å². The van der Waals surface area contributed by atoms with Crippen LogP contribution in [-0.4, -0.2) is 72.2 Å². The van der Waals surface area contributed by atoms with Crippen molar-refractivity contribution in [1.29, 1.82) is 0 Å². The van der Waals surface area contributed by atoms with Crippen molar-refractivity contribution in [1.82, 2.24) is 15.5 Å². The fourth-order valence-electron chi connectivity index (χ4n) is 7.26. The van der Waals surface area contributed by atoms with E-state index in [1.165, 1.54) is 6.92 Å². The number of ether oxygens (including phenoxy) is 2.